The molecule has 0 bridgehead atoms. The van der Waals surface area contributed by atoms with Gasteiger partial charge in [-0.25, -0.2) is 4.39 Å². The number of nitrogens with two attached hydrogens (primary N) is 1. The Kier molecular flexibility index (Phi) is 4.36. The van der Waals surface area contributed by atoms with Gasteiger partial charge in [-0.3, -0.25) is 0 Å². The number of hydrogen-bond donors (Lipinski definition) is 1. The Morgan fingerprint density at radius 3 is 2.79 bits per heavy atom. The van der Waals surface area contributed by atoms with Crippen LogP contribution in [0.15, 0.2) is 18.2 Å². The minimum atomic E-state index is -0.221. The summed E-state index contributed by atoms with van der Waals surface area (Å²) in [6.45, 7) is 2.72. The molecular weight excluding hydrogens is 201 g/mol. The highest BCUT2D eigenvalue weighted by molar-refractivity contribution is 6.30. The van der Waals surface area contributed by atoms with Crippen LogP contribution < -0.4 is 5.73 Å². The van der Waals surface area contributed by atoms with Gasteiger partial charge < -0.3 is 5.73 Å². The lowest BCUT2D eigenvalue weighted by Crippen LogP contribution is -2.08. The van der Waals surface area contributed by atoms with Crippen molar-refractivity contribution in [2.45, 2.75) is 19.8 Å². The molecule has 2 N–H and O–H groups in total. The van der Waals surface area contributed by atoms with Crippen LogP contribution in [0.2, 0.25) is 5.02 Å². The van der Waals surface area contributed by atoms with Gasteiger partial charge in [0.25, 0.3) is 0 Å². The molecule has 0 saturated carbocycles. The van der Waals surface area contributed by atoms with Crippen LogP contribution in [0, 0.1) is 11.7 Å². The zero-order valence-corrected chi connectivity index (χ0v) is 9.02. The van der Waals surface area contributed by atoms with Crippen molar-refractivity contribution < 1.29 is 4.39 Å². The van der Waals surface area contributed by atoms with Gasteiger partial charge in [0.2, 0.25) is 0 Å². The molecule has 0 fully saturated rings. The molecule has 1 unspecified atom stereocenters. The van der Waals surface area contributed by atoms with E-state index in [1.165, 1.54) is 6.07 Å². The first-order valence-corrected chi connectivity index (χ1v) is 5.15. The van der Waals surface area contributed by atoms with E-state index in [1.807, 2.05) is 0 Å². The molecule has 14 heavy (non-hydrogen) atoms. The van der Waals surface area contributed by atoms with Crippen molar-refractivity contribution in [1.82, 2.24) is 0 Å². The fourth-order valence-electron chi connectivity index (χ4n) is 1.45. The average molecular weight is 216 g/mol. The molecule has 78 valence electrons. The highest BCUT2D eigenvalue weighted by Gasteiger charge is 2.07. The Balaban J connectivity index is 2.67. The van der Waals surface area contributed by atoms with Gasteiger partial charge in [-0.2, -0.15) is 0 Å². The molecular formula is C11H15ClFN. The third-order valence-electron chi connectivity index (χ3n) is 2.24. The van der Waals surface area contributed by atoms with E-state index in [9.17, 15) is 4.39 Å². The maximum absolute atomic E-state index is 13.3. The minimum Gasteiger partial charge on any atom is -0.330 e. The number of rotatable bonds is 4. The van der Waals surface area contributed by atoms with Crippen molar-refractivity contribution in [2.75, 3.05) is 6.54 Å². The Bertz CT molecular complexity index is 301. The Hall–Kier alpha value is -0.600. The number of halogens is 2. The predicted octanol–water partition coefficient (Wildman–Crippen LogP) is 3.01. The van der Waals surface area contributed by atoms with E-state index in [0.29, 0.717) is 17.5 Å². The zero-order valence-electron chi connectivity index (χ0n) is 8.26. The highest BCUT2D eigenvalue weighted by atomic mass is 35.5. The van der Waals surface area contributed by atoms with Gasteiger partial charge in [-0.15, -0.1) is 0 Å². The fourth-order valence-corrected chi connectivity index (χ4v) is 1.61. The lowest BCUT2D eigenvalue weighted by atomic mass is 9.98. The monoisotopic (exact) mass is 215 g/mol. The lowest BCUT2D eigenvalue weighted by Gasteiger charge is -2.10. The normalized spacial score (nSPS) is 12.9. The molecule has 0 spiro atoms. The van der Waals surface area contributed by atoms with Gasteiger partial charge in [0.05, 0.1) is 0 Å². The first-order valence-electron chi connectivity index (χ1n) is 4.77. The van der Waals surface area contributed by atoms with Gasteiger partial charge in [0.15, 0.2) is 0 Å². The molecule has 1 rings (SSSR count). The minimum absolute atomic E-state index is 0.221. The lowest BCUT2D eigenvalue weighted by molar-refractivity contribution is 0.516. The summed E-state index contributed by atoms with van der Waals surface area (Å²) < 4.78 is 13.3. The first-order chi connectivity index (χ1) is 6.63. The predicted molar refractivity (Wildman–Crippen MR) is 57.9 cm³/mol. The molecule has 0 aliphatic carbocycles. The molecule has 1 aromatic rings. The third kappa shape index (κ3) is 3.28. The van der Waals surface area contributed by atoms with E-state index in [-0.39, 0.29) is 5.82 Å². The van der Waals surface area contributed by atoms with E-state index < -0.39 is 0 Å². The molecule has 0 aliphatic rings. The summed E-state index contributed by atoms with van der Waals surface area (Å²) in [4.78, 5) is 0. The third-order valence-corrected chi connectivity index (χ3v) is 2.48. The van der Waals surface area contributed by atoms with Crippen LogP contribution in [0.25, 0.3) is 0 Å². The number of benzene rings is 1. The largest absolute Gasteiger partial charge is 0.330 e. The summed E-state index contributed by atoms with van der Waals surface area (Å²) in [5.41, 5.74) is 6.15. The summed E-state index contributed by atoms with van der Waals surface area (Å²) in [5, 5.41) is 0.442. The molecule has 0 aliphatic heterocycles. The van der Waals surface area contributed by atoms with Crippen LogP contribution in [0.3, 0.4) is 0 Å². The van der Waals surface area contributed by atoms with Crippen LogP contribution in [0.5, 0.6) is 0 Å². The van der Waals surface area contributed by atoms with Crippen LogP contribution in [-0.4, -0.2) is 6.54 Å². The van der Waals surface area contributed by atoms with Crippen LogP contribution in [0.1, 0.15) is 18.9 Å². The van der Waals surface area contributed by atoms with Gasteiger partial charge in [-0.05, 0) is 43.0 Å². The quantitative estimate of drug-likeness (QED) is 0.821. The van der Waals surface area contributed by atoms with Crippen molar-refractivity contribution in [3.63, 3.8) is 0 Å². The maximum Gasteiger partial charge on any atom is 0.127 e. The van der Waals surface area contributed by atoms with Crippen molar-refractivity contribution in [3.8, 4) is 0 Å². The fraction of sp³-hybridized carbons (Fsp3) is 0.455. The second kappa shape index (κ2) is 5.32. The van der Waals surface area contributed by atoms with Crippen molar-refractivity contribution in [2.24, 2.45) is 11.7 Å². The summed E-state index contributed by atoms with van der Waals surface area (Å²) in [6, 6.07) is 4.81. The van der Waals surface area contributed by atoms with Crippen molar-refractivity contribution in [1.29, 1.82) is 0 Å². The second-order valence-corrected chi connectivity index (χ2v) is 4.06. The molecule has 1 aromatic carbocycles. The van der Waals surface area contributed by atoms with E-state index in [1.54, 1.807) is 12.1 Å². The number of hydrogen-bond acceptors (Lipinski definition) is 1. The van der Waals surface area contributed by atoms with Crippen LogP contribution >= 0.6 is 11.6 Å². The van der Waals surface area contributed by atoms with Gasteiger partial charge in [-0.1, -0.05) is 24.6 Å². The summed E-state index contributed by atoms with van der Waals surface area (Å²) in [7, 11) is 0. The Morgan fingerprint density at radius 2 is 2.21 bits per heavy atom. The zero-order chi connectivity index (χ0) is 10.6. The van der Waals surface area contributed by atoms with E-state index in [2.05, 4.69) is 6.92 Å². The Labute approximate surface area is 89.1 Å². The maximum atomic E-state index is 13.3. The molecule has 0 saturated heterocycles. The average Bonchev–Trinajstić information content (AvgIpc) is 2.10. The van der Waals surface area contributed by atoms with Crippen molar-refractivity contribution >= 4 is 11.6 Å². The first kappa shape index (κ1) is 11.5. The van der Waals surface area contributed by atoms with Crippen molar-refractivity contribution in [3.05, 3.63) is 34.6 Å². The van der Waals surface area contributed by atoms with Gasteiger partial charge >= 0.3 is 0 Å². The van der Waals surface area contributed by atoms with E-state index >= 15 is 0 Å². The second-order valence-electron chi connectivity index (χ2n) is 3.62. The van der Waals surface area contributed by atoms with Crippen LogP contribution in [0.4, 0.5) is 4.39 Å². The smallest absolute Gasteiger partial charge is 0.127 e. The molecule has 1 nitrogen and oxygen atoms in total. The Morgan fingerprint density at radius 1 is 1.50 bits per heavy atom. The molecule has 1 atom stereocenters. The molecule has 0 heterocycles. The molecule has 0 aromatic heterocycles. The molecule has 3 heteroatoms. The van der Waals surface area contributed by atoms with E-state index in [0.717, 1.165) is 18.4 Å². The molecule has 0 amide bonds. The van der Waals surface area contributed by atoms with Gasteiger partial charge in [0, 0.05) is 5.02 Å². The standard InChI is InChI=1S/C11H15ClFN/c1-8(4-5-14)6-9-2-3-10(12)7-11(9)13/h2-3,7-8H,4-6,14H2,1H3. The van der Waals surface area contributed by atoms with E-state index in [4.69, 9.17) is 17.3 Å². The summed E-state index contributed by atoms with van der Waals surface area (Å²) in [6.07, 6.45) is 1.64. The topological polar surface area (TPSA) is 26.0 Å². The SMILES string of the molecule is CC(CCN)Cc1ccc(Cl)cc1F. The highest BCUT2D eigenvalue weighted by Crippen LogP contribution is 2.18. The van der Waals surface area contributed by atoms with Crippen LogP contribution in [-0.2, 0) is 6.42 Å². The molecule has 0 radical (unpaired) electrons. The summed E-state index contributed by atoms with van der Waals surface area (Å²) in [5.74, 6) is 0.192. The summed E-state index contributed by atoms with van der Waals surface area (Å²) >= 11 is 5.65. The van der Waals surface area contributed by atoms with Gasteiger partial charge in [0.1, 0.15) is 5.82 Å².